The van der Waals surface area contributed by atoms with Gasteiger partial charge in [-0.1, -0.05) is 11.6 Å². The van der Waals surface area contributed by atoms with E-state index in [0.29, 0.717) is 22.9 Å². The summed E-state index contributed by atoms with van der Waals surface area (Å²) in [6.07, 6.45) is 3.95. The van der Waals surface area contributed by atoms with Gasteiger partial charge in [0.05, 0.1) is 18.9 Å². The Labute approximate surface area is 117 Å². The van der Waals surface area contributed by atoms with Crippen molar-refractivity contribution >= 4 is 11.6 Å². The van der Waals surface area contributed by atoms with Crippen molar-refractivity contribution in [2.45, 2.75) is 19.4 Å². The van der Waals surface area contributed by atoms with Gasteiger partial charge in [-0.25, -0.2) is 0 Å². The quantitative estimate of drug-likeness (QED) is 0.916. The van der Waals surface area contributed by atoms with Gasteiger partial charge in [0, 0.05) is 30.3 Å². The van der Waals surface area contributed by atoms with E-state index in [-0.39, 0.29) is 0 Å². The van der Waals surface area contributed by atoms with Crippen LogP contribution in [0.5, 0.6) is 5.75 Å². The summed E-state index contributed by atoms with van der Waals surface area (Å²) in [6, 6.07) is 5.27. The summed E-state index contributed by atoms with van der Waals surface area (Å²) in [7, 11) is 1.88. The van der Waals surface area contributed by atoms with Crippen molar-refractivity contribution in [3.8, 4) is 5.75 Å². The van der Waals surface area contributed by atoms with Crippen LogP contribution in [-0.2, 0) is 13.5 Å². The lowest BCUT2D eigenvalue weighted by atomic mass is 10.1. The molecule has 1 heterocycles. The largest absolute Gasteiger partial charge is 0.493 e. The van der Waals surface area contributed by atoms with Gasteiger partial charge >= 0.3 is 0 Å². The first-order valence-corrected chi connectivity index (χ1v) is 6.52. The molecule has 0 aliphatic carbocycles. The molecule has 1 N–H and O–H groups in total. The van der Waals surface area contributed by atoms with Gasteiger partial charge in [0.1, 0.15) is 5.75 Å². The van der Waals surface area contributed by atoms with Crippen LogP contribution in [0.25, 0.3) is 0 Å². The molecule has 0 saturated carbocycles. The predicted octanol–water partition coefficient (Wildman–Crippen LogP) is 2.75. The molecule has 102 valence electrons. The summed E-state index contributed by atoms with van der Waals surface area (Å²) in [5.74, 6) is 0.670. The number of benzene rings is 1. The summed E-state index contributed by atoms with van der Waals surface area (Å²) in [4.78, 5) is 0. The molecule has 0 radical (unpaired) electrons. The van der Waals surface area contributed by atoms with Crippen molar-refractivity contribution < 1.29 is 9.84 Å². The third-order valence-electron chi connectivity index (χ3n) is 2.83. The Kier molecular flexibility index (Phi) is 4.45. The molecule has 19 heavy (non-hydrogen) atoms. The highest BCUT2D eigenvalue weighted by Gasteiger charge is 2.10. The Morgan fingerprint density at radius 2 is 2.26 bits per heavy atom. The molecule has 1 atom stereocenters. The smallest absolute Gasteiger partial charge is 0.125 e. The fourth-order valence-corrected chi connectivity index (χ4v) is 2.04. The van der Waals surface area contributed by atoms with Crippen molar-refractivity contribution in [2.24, 2.45) is 7.05 Å². The van der Waals surface area contributed by atoms with E-state index >= 15 is 0 Å². The predicted molar refractivity (Wildman–Crippen MR) is 74.5 cm³/mol. The van der Waals surface area contributed by atoms with Crippen LogP contribution in [0, 0.1) is 0 Å². The lowest BCUT2D eigenvalue weighted by Crippen LogP contribution is -2.04. The lowest BCUT2D eigenvalue weighted by molar-refractivity contribution is 0.191. The second-order valence-corrected chi connectivity index (χ2v) is 4.92. The molecular weight excluding hydrogens is 264 g/mol. The second-order valence-electron chi connectivity index (χ2n) is 4.48. The first kappa shape index (κ1) is 13.9. The van der Waals surface area contributed by atoms with Gasteiger partial charge < -0.3 is 9.84 Å². The summed E-state index contributed by atoms with van der Waals surface area (Å²) < 4.78 is 7.47. The Morgan fingerprint density at radius 1 is 1.47 bits per heavy atom. The Morgan fingerprint density at radius 3 is 2.89 bits per heavy atom. The van der Waals surface area contributed by atoms with Gasteiger partial charge in [-0.3, -0.25) is 4.68 Å². The monoisotopic (exact) mass is 280 g/mol. The van der Waals surface area contributed by atoms with E-state index in [9.17, 15) is 5.11 Å². The standard InChI is InChI=1S/C14H17ClN2O2/c1-10(18)13-7-12(15)3-4-14(13)19-6-5-11-8-16-17(2)9-11/h3-4,7-10,18H,5-6H2,1-2H3/t10-/m0/s1. The average molecular weight is 281 g/mol. The van der Waals surface area contributed by atoms with Crippen molar-refractivity contribution in [3.63, 3.8) is 0 Å². The highest BCUT2D eigenvalue weighted by Crippen LogP contribution is 2.28. The summed E-state index contributed by atoms with van der Waals surface area (Å²) in [6.45, 7) is 2.23. The second kappa shape index (κ2) is 6.08. The first-order chi connectivity index (χ1) is 9.06. The Hall–Kier alpha value is -1.52. The topological polar surface area (TPSA) is 47.3 Å². The van der Waals surface area contributed by atoms with E-state index in [4.69, 9.17) is 16.3 Å². The molecule has 1 aromatic carbocycles. The SMILES string of the molecule is C[C@H](O)c1cc(Cl)ccc1OCCc1cnn(C)c1. The average Bonchev–Trinajstić information content (AvgIpc) is 2.77. The first-order valence-electron chi connectivity index (χ1n) is 6.14. The molecule has 0 unspecified atom stereocenters. The van der Waals surface area contributed by atoms with Crippen LogP contribution in [0.15, 0.2) is 30.6 Å². The molecule has 4 nitrogen and oxygen atoms in total. The molecule has 0 aliphatic rings. The van der Waals surface area contributed by atoms with E-state index in [1.165, 1.54) is 0 Å². The summed E-state index contributed by atoms with van der Waals surface area (Å²) in [5, 5.41) is 14.4. The zero-order valence-electron chi connectivity index (χ0n) is 11.0. The van der Waals surface area contributed by atoms with Crippen LogP contribution in [-0.4, -0.2) is 21.5 Å². The molecule has 0 amide bonds. The molecule has 2 rings (SSSR count). The van der Waals surface area contributed by atoms with Crippen LogP contribution < -0.4 is 4.74 Å². The highest BCUT2D eigenvalue weighted by atomic mass is 35.5. The minimum Gasteiger partial charge on any atom is -0.493 e. The van der Waals surface area contributed by atoms with Gasteiger partial charge in [-0.2, -0.15) is 5.10 Å². The van der Waals surface area contributed by atoms with Crippen LogP contribution in [0.3, 0.4) is 0 Å². The molecule has 2 aromatic rings. The van der Waals surface area contributed by atoms with E-state index < -0.39 is 6.10 Å². The number of rotatable bonds is 5. The molecule has 0 saturated heterocycles. The van der Waals surface area contributed by atoms with E-state index in [1.54, 1.807) is 29.8 Å². The van der Waals surface area contributed by atoms with Gasteiger partial charge in [0.15, 0.2) is 0 Å². The number of hydrogen-bond donors (Lipinski definition) is 1. The van der Waals surface area contributed by atoms with Crippen molar-refractivity contribution in [2.75, 3.05) is 6.61 Å². The van der Waals surface area contributed by atoms with Crippen molar-refractivity contribution in [1.29, 1.82) is 0 Å². The van der Waals surface area contributed by atoms with Crippen LogP contribution in [0.4, 0.5) is 0 Å². The number of ether oxygens (including phenoxy) is 1. The van der Waals surface area contributed by atoms with Crippen LogP contribution in [0.1, 0.15) is 24.2 Å². The van der Waals surface area contributed by atoms with Crippen molar-refractivity contribution in [1.82, 2.24) is 9.78 Å². The number of aromatic nitrogens is 2. The van der Waals surface area contributed by atoms with E-state index in [1.807, 2.05) is 19.4 Å². The maximum absolute atomic E-state index is 9.70. The molecule has 5 heteroatoms. The number of aryl methyl sites for hydroxylation is 1. The van der Waals surface area contributed by atoms with Crippen molar-refractivity contribution in [3.05, 3.63) is 46.7 Å². The number of nitrogens with zero attached hydrogens (tertiary/aromatic N) is 2. The summed E-state index contributed by atoms with van der Waals surface area (Å²) >= 11 is 5.92. The number of hydrogen-bond acceptors (Lipinski definition) is 3. The number of aliphatic hydroxyl groups excluding tert-OH is 1. The van der Waals surface area contributed by atoms with E-state index in [2.05, 4.69) is 5.10 Å². The van der Waals surface area contributed by atoms with Gasteiger partial charge in [-0.15, -0.1) is 0 Å². The van der Waals surface area contributed by atoms with Crippen LogP contribution in [0.2, 0.25) is 5.02 Å². The minimum atomic E-state index is -0.605. The summed E-state index contributed by atoms with van der Waals surface area (Å²) in [5.41, 5.74) is 1.83. The maximum atomic E-state index is 9.70. The zero-order chi connectivity index (χ0) is 13.8. The van der Waals surface area contributed by atoms with E-state index in [0.717, 1.165) is 12.0 Å². The fourth-order valence-electron chi connectivity index (χ4n) is 1.86. The zero-order valence-corrected chi connectivity index (χ0v) is 11.8. The normalized spacial score (nSPS) is 12.4. The molecule has 0 spiro atoms. The maximum Gasteiger partial charge on any atom is 0.125 e. The highest BCUT2D eigenvalue weighted by molar-refractivity contribution is 6.30. The third kappa shape index (κ3) is 3.72. The van der Waals surface area contributed by atoms with Gasteiger partial charge in [-0.05, 0) is 30.7 Å². The molecular formula is C14H17ClN2O2. The molecule has 0 fully saturated rings. The molecule has 0 aliphatic heterocycles. The Balaban J connectivity index is 1.99. The number of halogens is 1. The number of aliphatic hydroxyl groups is 1. The fraction of sp³-hybridized carbons (Fsp3) is 0.357. The molecule has 1 aromatic heterocycles. The van der Waals surface area contributed by atoms with Crippen LogP contribution >= 0.6 is 11.6 Å². The minimum absolute atomic E-state index is 0.535. The molecule has 0 bridgehead atoms. The lowest BCUT2D eigenvalue weighted by Gasteiger charge is -2.13. The Bertz CT molecular complexity index is 552. The third-order valence-corrected chi connectivity index (χ3v) is 3.06. The van der Waals surface area contributed by atoms with Gasteiger partial charge in [0.2, 0.25) is 0 Å². The van der Waals surface area contributed by atoms with Gasteiger partial charge in [0.25, 0.3) is 0 Å².